The molecule has 2 fully saturated rings. The van der Waals surface area contributed by atoms with Crippen LogP contribution >= 0.6 is 0 Å². The third-order valence-electron chi connectivity index (χ3n) is 7.00. The van der Waals surface area contributed by atoms with Gasteiger partial charge in [0.2, 0.25) is 5.91 Å². The molecule has 2 aromatic rings. The SMILES string of the molecule is COC[C@H](C)n1c(CCCC(=O)N2CCC3(CCN(C)CC3)C2)nc2cccnc21. The fourth-order valence-electron chi connectivity index (χ4n) is 5.14. The molecule has 2 aliphatic heterocycles. The van der Waals surface area contributed by atoms with Gasteiger partial charge in [-0.1, -0.05) is 0 Å². The first-order valence-corrected chi connectivity index (χ1v) is 11.3. The lowest BCUT2D eigenvalue weighted by atomic mass is 9.78. The molecule has 164 valence electrons. The number of ether oxygens (including phenoxy) is 1. The van der Waals surface area contributed by atoms with Crippen molar-refractivity contribution in [3.8, 4) is 0 Å². The summed E-state index contributed by atoms with van der Waals surface area (Å²) in [5.74, 6) is 1.30. The topological polar surface area (TPSA) is 63.5 Å². The smallest absolute Gasteiger partial charge is 0.222 e. The number of carbonyl (C=O) groups excluding carboxylic acids is 1. The molecule has 7 nitrogen and oxygen atoms in total. The number of aromatic nitrogens is 3. The van der Waals surface area contributed by atoms with E-state index < -0.39 is 0 Å². The number of aryl methyl sites for hydroxylation is 1. The van der Waals surface area contributed by atoms with Gasteiger partial charge in [0.25, 0.3) is 0 Å². The van der Waals surface area contributed by atoms with Gasteiger partial charge in [-0.05, 0) is 70.3 Å². The summed E-state index contributed by atoms with van der Waals surface area (Å²) in [4.78, 5) is 26.7. The summed E-state index contributed by atoms with van der Waals surface area (Å²) >= 11 is 0. The minimum absolute atomic E-state index is 0.156. The molecular formula is C23H35N5O2. The van der Waals surface area contributed by atoms with E-state index in [-0.39, 0.29) is 6.04 Å². The second-order valence-electron chi connectivity index (χ2n) is 9.27. The molecule has 0 unspecified atom stereocenters. The van der Waals surface area contributed by atoms with E-state index in [0.29, 0.717) is 24.3 Å². The van der Waals surface area contributed by atoms with Gasteiger partial charge < -0.3 is 19.1 Å². The standard InChI is InChI=1S/C23H35N5O2/c1-18(16-30-3)28-20(25-19-6-5-12-24-22(19)28)7-4-8-21(29)27-15-11-23(17-27)9-13-26(2)14-10-23/h5-6,12,18H,4,7-11,13-17H2,1-3H3/t18-/m0/s1. The Bertz CT molecular complexity index is 872. The Morgan fingerprint density at radius 1 is 1.27 bits per heavy atom. The fourth-order valence-corrected chi connectivity index (χ4v) is 5.14. The summed E-state index contributed by atoms with van der Waals surface area (Å²) < 4.78 is 7.54. The van der Waals surface area contributed by atoms with E-state index in [1.165, 1.54) is 19.3 Å². The molecule has 1 amide bonds. The van der Waals surface area contributed by atoms with E-state index in [1.54, 1.807) is 13.3 Å². The average Bonchev–Trinajstić information content (AvgIpc) is 3.32. The Morgan fingerprint density at radius 2 is 2.03 bits per heavy atom. The lowest BCUT2D eigenvalue weighted by Crippen LogP contribution is -2.40. The molecular weight excluding hydrogens is 378 g/mol. The third kappa shape index (κ3) is 4.37. The number of hydrogen-bond donors (Lipinski definition) is 0. The highest BCUT2D eigenvalue weighted by atomic mass is 16.5. The van der Waals surface area contributed by atoms with Crippen LogP contribution in [0.25, 0.3) is 11.2 Å². The van der Waals surface area contributed by atoms with Crippen LogP contribution in [0.3, 0.4) is 0 Å². The minimum atomic E-state index is 0.156. The van der Waals surface area contributed by atoms with E-state index in [1.807, 2.05) is 12.1 Å². The van der Waals surface area contributed by atoms with Crippen LogP contribution in [-0.4, -0.2) is 77.2 Å². The summed E-state index contributed by atoms with van der Waals surface area (Å²) in [6.07, 6.45) is 7.60. The Labute approximate surface area is 179 Å². The second-order valence-corrected chi connectivity index (χ2v) is 9.27. The maximum absolute atomic E-state index is 12.9. The number of rotatable bonds is 7. The van der Waals surface area contributed by atoms with E-state index >= 15 is 0 Å². The number of likely N-dealkylation sites (tertiary alicyclic amines) is 2. The van der Waals surface area contributed by atoms with Gasteiger partial charge >= 0.3 is 0 Å². The molecule has 30 heavy (non-hydrogen) atoms. The van der Waals surface area contributed by atoms with Crippen molar-refractivity contribution in [1.82, 2.24) is 24.3 Å². The van der Waals surface area contributed by atoms with Crippen LogP contribution in [0.1, 0.15) is 50.9 Å². The maximum atomic E-state index is 12.9. The number of piperidine rings is 1. The first-order valence-electron chi connectivity index (χ1n) is 11.3. The zero-order chi connectivity index (χ0) is 21.1. The van der Waals surface area contributed by atoms with E-state index in [0.717, 1.165) is 56.0 Å². The molecule has 4 rings (SSSR count). The summed E-state index contributed by atoms with van der Waals surface area (Å²) in [5.41, 5.74) is 2.18. The van der Waals surface area contributed by atoms with Gasteiger partial charge in [0.1, 0.15) is 11.3 Å². The Kier molecular flexibility index (Phi) is 6.39. The summed E-state index contributed by atoms with van der Waals surface area (Å²) in [5, 5.41) is 0. The summed E-state index contributed by atoms with van der Waals surface area (Å²) in [6, 6.07) is 4.07. The van der Waals surface area contributed by atoms with Crippen LogP contribution in [-0.2, 0) is 16.0 Å². The van der Waals surface area contributed by atoms with Crippen LogP contribution in [0.4, 0.5) is 0 Å². The van der Waals surface area contributed by atoms with Crippen molar-refractivity contribution in [2.45, 2.75) is 51.5 Å². The number of hydrogen-bond acceptors (Lipinski definition) is 5. The molecule has 0 saturated carbocycles. The summed E-state index contributed by atoms with van der Waals surface area (Å²) in [6.45, 7) is 6.93. The van der Waals surface area contributed by atoms with Crippen molar-refractivity contribution >= 4 is 17.1 Å². The monoisotopic (exact) mass is 413 g/mol. The Balaban J connectivity index is 1.36. The van der Waals surface area contributed by atoms with Crippen molar-refractivity contribution < 1.29 is 9.53 Å². The third-order valence-corrected chi connectivity index (χ3v) is 7.00. The summed E-state index contributed by atoms with van der Waals surface area (Å²) in [7, 11) is 3.91. The van der Waals surface area contributed by atoms with Gasteiger partial charge in [0.15, 0.2) is 5.65 Å². The van der Waals surface area contributed by atoms with Crippen LogP contribution in [0.15, 0.2) is 18.3 Å². The molecule has 0 radical (unpaired) electrons. The molecule has 0 aliphatic carbocycles. The largest absolute Gasteiger partial charge is 0.383 e. The van der Waals surface area contributed by atoms with E-state index in [9.17, 15) is 4.79 Å². The Morgan fingerprint density at radius 3 is 2.80 bits per heavy atom. The zero-order valence-corrected chi connectivity index (χ0v) is 18.6. The van der Waals surface area contributed by atoms with Crippen molar-refractivity contribution in [2.24, 2.45) is 5.41 Å². The van der Waals surface area contributed by atoms with Crippen LogP contribution in [0.2, 0.25) is 0 Å². The normalized spacial score (nSPS) is 20.3. The van der Waals surface area contributed by atoms with Gasteiger partial charge in [-0.3, -0.25) is 4.79 Å². The number of nitrogens with zero attached hydrogens (tertiary/aromatic N) is 5. The minimum Gasteiger partial charge on any atom is -0.383 e. The van der Waals surface area contributed by atoms with Gasteiger partial charge in [0, 0.05) is 39.2 Å². The van der Waals surface area contributed by atoms with Crippen LogP contribution in [0, 0.1) is 5.41 Å². The molecule has 2 aliphatic rings. The van der Waals surface area contributed by atoms with Crippen molar-refractivity contribution in [3.05, 3.63) is 24.2 Å². The van der Waals surface area contributed by atoms with Gasteiger partial charge in [-0.25, -0.2) is 9.97 Å². The van der Waals surface area contributed by atoms with Crippen LogP contribution in [0.5, 0.6) is 0 Å². The lowest BCUT2D eigenvalue weighted by molar-refractivity contribution is -0.130. The first kappa shape index (κ1) is 21.2. The van der Waals surface area contributed by atoms with Gasteiger partial charge in [0.05, 0.1) is 12.6 Å². The van der Waals surface area contributed by atoms with Gasteiger partial charge in [-0.15, -0.1) is 0 Å². The molecule has 7 heteroatoms. The number of amides is 1. The predicted molar refractivity (Wildman–Crippen MR) is 117 cm³/mol. The number of imidazole rings is 1. The van der Waals surface area contributed by atoms with Crippen molar-refractivity contribution in [2.75, 3.05) is 46.9 Å². The molecule has 0 bridgehead atoms. The van der Waals surface area contributed by atoms with E-state index in [4.69, 9.17) is 9.72 Å². The van der Waals surface area contributed by atoms with Crippen LogP contribution < -0.4 is 0 Å². The Hall–Kier alpha value is -1.99. The predicted octanol–water partition coefficient (Wildman–Crippen LogP) is 2.91. The van der Waals surface area contributed by atoms with Gasteiger partial charge in [-0.2, -0.15) is 0 Å². The fraction of sp³-hybridized carbons (Fsp3) is 0.696. The maximum Gasteiger partial charge on any atom is 0.222 e. The number of fused-ring (bicyclic) bond motifs is 1. The molecule has 2 aromatic heterocycles. The molecule has 1 atom stereocenters. The zero-order valence-electron chi connectivity index (χ0n) is 18.6. The molecule has 0 N–H and O–H groups in total. The number of pyridine rings is 1. The molecule has 0 aromatic carbocycles. The highest BCUT2D eigenvalue weighted by Gasteiger charge is 2.41. The molecule has 1 spiro atoms. The molecule has 2 saturated heterocycles. The first-order chi connectivity index (χ1) is 14.5. The quantitative estimate of drug-likeness (QED) is 0.698. The van der Waals surface area contributed by atoms with Crippen molar-refractivity contribution in [3.63, 3.8) is 0 Å². The number of carbonyl (C=O) groups is 1. The van der Waals surface area contributed by atoms with E-state index in [2.05, 4.69) is 33.3 Å². The highest BCUT2D eigenvalue weighted by Crippen LogP contribution is 2.40. The second kappa shape index (κ2) is 9.02. The molecule has 4 heterocycles. The van der Waals surface area contributed by atoms with Crippen molar-refractivity contribution in [1.29, 1.82) is 0 Å². The number of methoxy groups -OCH3 is 1. The average molecular weight is 414 g/mol. The lowest BCUT2D eigenvalue weighted by Gasteiger charge is -2.37. The highest BCUT2D eigenvalue weighted by molar-refractivity contribution is 5.76.